The molecule has 2 aromatic rings. The van der Waals surface area contributed by atoms with E-state index < -0.39 is 0 Å². The summed E-state index contributed by atoms with van der Waals surface area (Å²) < 4.78 is 17.0. The third kappa shape index (κ3) is 5.85. The zero-order valence-corrected chi connectivity index (χ0v) is 15.6. The maximum absolute atomic E-state index is 7.00. The van der Waals surface area contributed by atoms with Crippen LogP contribution < -0.4 is 19.9 Å². The molecule has 1 aliphatic carbocycles. The van der Waals surface area contributed by atoms with Gasteiger partial charge in [-0.3, -0.25) is 0 Å². The quantitative estimate of drug-likeness (QED) is 0.757. The molecule has 0 aliphatic heterocycles. The van der Waals surface area contributed by atoms with Crippen molar-refractivity contribution in [2.24, 2.45) is 0 Å². The molecule has 0 aromatic heterocycles. The summed E-state index contributed by atoms with van der Waals surface area (Å²) in [5.74, 6) is 2.35. The first-order valence-electron chi connectivity index (χ1n) is 9.01. The Kier molecular flexibility index (Phi) is 8.09. The van der Waals surface area contributed by atoms with Gasteiger partial charge in [0.15, 0.2) is 0 Å². The van der Waals surface area contributed by atoms with Crippen molar-refractivity contribution in [2.75, 3.05) is 20.0 Å². The molecule has 2 aromatic carbocycles. The van der Waals surface area contributed by atoms with Crippen molar-refractivity contribution in [3.63, 3.8) is 0 Å². The predicted octanol–water partition coefficient (Wildman–Crippen LogP) is 4.18. The maximum Gasteiger partial charge on any atom is 0.142 e. The Hall–Kier alpha value is -2.40. The van der Waals surface area contributed by atoms with Crippen LogP contribution in [0.4, 0.5) is 5.69 Å². The molecule has 5 nitrogen and oxygen atoms in total. The van der Waals surface area contributed by atoms with Crippen molar-refractivity contribution < 1.29 is 19.3 Å². The lowest BCUT2D eigenvalue weighted by atomic mass is 9.98. The molecule has 142 valence electrons. The number of benzene rings is 2. The molecule has 0 bridgehead atoms. The molecular weight excluding hydrogens is 330 g/mol. The molecule has 0 spiro atoms. The minimum atomic E-state index is 0.298. The Balaban J connectivity index is 0.00000117. The minimum Gasteiger partial charge on any atom is -0.497 e. The SMILES string of the molecule is CO.COc1ccc(COc2ccc(OC3CCCCC3)c(N)c2)cc1. The van der Waals surface area contributed by atoms with Gasteiger partial charge in [0.1, 0.15) is 23.9 Å². The number of aliphatic hydroxyl groups is 1. The number of nitrogen functional groups attached to an aromatic ring is 1. The highest BCUT2D eigenvalue weighted by molar-refractivity contribution is 5.56. The number of methoxy groups -OCH3 is 1. The molecule has 26 heavy (non-hydrogen) atoms. The van der Waals surface area contributed by atoms with Gasteiger partial charge in [0.2, 0.25) is 0 Å². The van der Waals surface area contributed by atoms with Gasteiger partial charge in [0, 0.05) is 13.2 Å². The predicted molar refractivity (Wildman–Crippen MR) is 104 cm³/mol. The van der Waals surface area contributed by atoms with Crippen LogP contribution in [0.25, 0.3) is 0 Å². The normalized spacial score (nSPS) is 14.1. The number of rotatable bonds is 6. The highest BCUT2D eigenvalue weighted by Gasteiger charge is 2.16. The molecule has 0 unspecified atom stereocenters. The topological polar surface area (TPSA) is 73.9 Å². The van der Waals surface area contributed by atoms with E-state index in [-0.39, 0.29) is 0 Å². The lowest BCUT2D eigenvalue weighted by Gasteiger charge is -2.23. The summed E-state index contributed by atoms with van der Waals surface area (Å²) in [6.45, 7) is 0.492. The lowest BCUT2D eigenvalue weighted by Crippen LogP contribution is -2.20. The second-order valence-corrected chi connectivity index (χ2v) is 6.21. The van der Waals surface area contributed by atoms with E-state index in [0.29, 0.717) is 18.4 Å². The number of anilines is 1. The van der Waals surface area contributed by atoms with Gasteiger partial charge in [-0.15, -0.1) is 0 Å². The Bertz CT molecular complexity index is 652. The molecule has 0 saturated heterocycles. The van der Waals surface area contributed by atoms with Crippen LogP contribution in [0, 0.1) is 0 Å². The van der Waals surface area contributed by atoms with E-state index >= 15 is 0 Å². The molecule has 0 heterocycles. The first-order valence-corrected chi connectivity index (χ1v) is 9.01. The molecule has 0 amide bonds. The van der Waals surface area contributed by atoms with Crippen LogP contribution in [0.2, 0.25) is 0 Å². The Morgan fingerprint density at radius 3 is 2.23 bits per heavy atom. The molecule has 1 saturated carbocycles. The molecule has 0 atom stereocenters. The van der Waals surface area contributed by atoms with Crippen LogP contribution in [-0.4, -0.2) is 25.4 Å². The Morgan fingerprint density at radius 1 is 0.962 bits per heavy atom. The number of ether oxygens (including phenoxy) is 3. The fraction of sp³-hybridized carbons (Fsp3) is 0.429. The van der Waals surface area contributed by atoms with E-state index in [4.69, 9.17) is 25.1 Å². The molecule has 0 radical (unpaired) electrons. The second kappa shape index (κ2) is 10.6. The van der Waals surface area contributed by atoms with Crippen molar-refractivity contribution >= 4 is 5.69 Å². The molecule has 1 aliphatic rings. The van der Waals surface area contributed by atoms with Gasteiger partial charge >= 0.3 is 0 Å². The zero-order valence-electron chi connectivity index (χ0n) is 15.6. The van der Waals surface area contributed by atoms with Gasteiger partial charge in [0.25, 0.3) is 0 Å². The van der Waals surface area contributed by atoms with Gasteiger partial charge in [-0.1, -0.05) is 18.6 Å². The highest BCUT2D eigenvalue weighted by atomic mass is 16.5. The Labute approximate surface area is 155 Å². The number of hydrogen-bond donors (Lipinski definition) is 2. The monoisotopic (exact) mass is 359 g/mol. The standard InChI is InChI=1S/C20H25NO3.CH4O/c1-22-16-9-7-15(8-10-16)14-23-18-11-12-20(19(21)13-18)24-17-5-3-2-4-6-17;1-2/h7-13,17H,2-6,14,21H2,1H3;2H,1H3. The largest absolute Gasteiger partial charge is 0.497 e. The van der Waals surface area contributed by atoms with Crippen molar-refractivity contribution in [3.05, 3.63) is 48.0 Å². The average Bonchev–Trinajstić information content (AvgIpc) is 2.71. The van der Waals surface area contributed by atoms with Gasteiger partial charge in [-0.05, 0) is 55.5 Å². The van der Waals surface area contributed by atoms with Crippen molar-refractivity contribution in [1.82, 2.24) is 0 Å². The number of hydrogen-bond acceptors (Lipinski definition) is 5. The first-order chi connectivity index (χ1) is 12.7. The summed E-state index contributed by atoms with van der Waals surface area (Å²) in [5.41, 5.74) is 7.84. The summed E-state index contributed by atoms with van der Waals surface area (Å²) in [6, 6.07) is 13.5. The van der Waals surface area contributed by atoms with E-state index in [2.05, 4.69) is 0 Å². The first kappa shape index (κ1) is 19.9. The lowest BCUT2D eigenvalue weighted by molar-refractivity contribution is 0.156. The van der Waals surface area contributed by atoms with Gasteiger partial charge in [-0.2, -0.15) is 0 Å². The fourth-order valence-electron chi connectivity index (χ4n) is 2.97. The third-order valence-electron chi connectivity index (χ3n) is 4.39. The molecular formula is C21H29NO4. The number of nitrogens with two attached hydrogens (primary N) is 1. The summed E-state index contributed by atoms with van der Waals surface area (Å²) in [7, 11) is 2.66. The van der Waals surface area contributed by atoms with Crippen molar-refractivity contribution in [2.45, 2.75) is 44.8 Å². The minimum absolute atomic E-state index is 0.298. The van der Waals surface area contributed by atoms with Gasteiger partial charge in [-0.25, -0.2) is 0 Å². The van der Waals surface area contributed by atoms with E-state index in [1.165, 1.54) is 19.3 Å². The van der Waals surface area contributed by atoms with E-state index in [1.54, 1.807) is 7.11 Å². The van der Waals surface area contributed by atoms with Crippen LogP contribution in [0.15, 0.2) is 42.5 Å². The number of aliphatic hydroxyl groups excluding tert-OH is 1. The van der Waals surface area contributed by atoms with E-state index in [0.717, 1.165) is 42.8 Å². The Morgan fingerprint density at radius 2 is 1.62 bits per heavy atom. The second-order valence-electron chi connectivity index (χ2n) is 6.21. The smallest absolute Gasteiger partial charge is 0.142 e. The summed E-state index contributed by atoms with van der Waals surface area (Å²) >= 11 is 0. The maximum atomic E-state index is 7.00. The van der Waals surface area contributed by atoms with Gasteiger partial charge in [0.05, 0.1) is 18.9 Å². The third-order valence-corrected chi connectivity index (χ3v) is 4.39. The van der Waals surface area contributed by atoms with Crippen molar-refractivity contribution in [1.29, 1.82) is 0 Å². The van der Waals surface area contributed by atoms with Crippen LogP contribution in [0.1, 0.15) is 37.7 Å². The van der Waals surface area contributed by atoms with Crippen LogP contribution in [-0.2, 0) is 6.61 Å². The summed E-state index contributed by atoms with van der Waals surface area (Å²) in [4.78, 5) is 0. The van der Waals surface area contributed by atoms with Crippen LogP contribution >= 0.6 is 0 Å². The van der Waals surface area contributed by atoms with Crippen LogP contribution in [0.5, 0.6) is 17.2 Å². The molecule has 1 fully saturated rings. The van der Waals surface area contributed by atoms with E-state index in [9.17, 15) is 0 Å². The van der Waals surface area contributed by atoms with Crippen LogP contribution in [0.3, 0.4) is 0 Å². The van der Waals surface area contributed by atoms with Gasteiger partial charge < -0.3 is 25.1 Å². The highest BCUT2D eigenvalue weighted by Crippen LogP contribution is 2.30. The molecule has 3 rings (SSSR count). The van der Waals surface area contributed by atoms with Crippen molar-refractivity contribution in [3.8, 4) is 17.2 Å². The molecule has 5 heteroatoms. The zero-order chi connectivity index (χ0) is 18.8. The fourth-order valence-corrected chi connectivity index (χ4v) is 2.97. The molecule has 3 N–H and O–H groups in total. The summed E-state index contributed by atoms with van der Waals surface area (Å²) in [5, 5.41) is 7.00. The average molecular weight is 359 g/mol. The van der Waals surface area contributed by atoms with E-state index in [1.807, 2.05) is 42.5 Å². The summed E-state index contributed by atoms with van der Waals surface area (Å²) in [6.07, 6.45) is 6.34.